The monoisotopic (exact) mass is 618 g/mol. The van der Waals surface area contributed by atoms with Gasteiger partial charge in [0, 0.05) is 36.6 Å². The van der Waals surface area contributed by atoms with Crippen molar-refractivity contribution in [2.45, 2.75) is 62.6 Å². The molecule has 2 fully saturated rings. The fourth-order valence-corrected chi connectivity index (χ4v) is 7.94. The first-order valence-corrected chi connectivity index (χ1v) is 17.0. The van der Waals surface area contributed by atoms with Gasteiger partial charge in [0.2, 0.25) is 10.0 Å². The molecule has 42 heavy (non-hydrogen) atoms. The second-order valence-electron chi connectivity index (χ2n) is 12.4. The average Bonchev–Trinajstić information content (AvgIpc) is 3.07. The van der Waals surface area contributed by atoms with Crippen molar-refractivity contribution in [2.24, 2.45) is 17.0 Å². The molecule has 2 aliphatic heterocycles. The summed E-state index contributed by atoms with van der Waals surface area (Å²) in [7, 11) is -3.56. The Labute approximate surface area is 252 Å². The molecule has 2 aromatic carbocycles. The number of aryl methyl sites for hydroxylation is 1. The third-order valence-electron chi connectivity index (χ3n) is 9.68. The molecule has 0 aromatic heterocycles. The number of benzene rings is 2. The van der Waals surface area contributed by atoms with Crippen LogP contribution in [-0.2, 0) is 31.3 Å². The highest BCUT2D eigenvalue weighted by Crippen LogP contribution is 2.47. The topological polar surface area (TPSA) is 128 Å². The van der Waals surface area contributed by atoms with Crippen LogP contribution in [0.5, 0.6) is 5.75 Å². The number of carboxylic acid groups (broad SMARTS) is 1. The van der Waals surface area contributed by atoms with E-state index in [2.05, 4.69) is 17.0 Å². The second-order valence-corrected chi connectivity index (χ2v) is 14.6. The zero-order valence-electron chi connectivity index (χ0n) is 23.7. The molecule has 0 unspecified atom stereocenters. The molecule has 1 saturated heterocycles. The number of primary sulfonamides is 1. The molecule has 3 N–H and O–H groups in total. The van der Waals surface area contributed by atoms with Gasteiger partial charge in [-0.25, -0.2) is 18.4 Å². The maximum atomic E-state index is 11.9. The van der Waals surface area contributed by atoms with Crippen LogP contribution in [0, 0.1) is 11.8 Å². The predicted molar refractivity (Wildman–Crippen MR) is 160 cm³/mol. The van der Waals surface area contributed by atoms with Crippen molar-refractivity contribution in [2.75, 3.05) is 43.6 Å². The van der Waals surface area contributed by atoms with E-state index in [-0.39, 0.29) is 35.5 Å². The number of rotatable bonds is 8. The van der Waals surface area contributed by atoms with Gasteiger partial charge in [-0.1, -0.05) is 17.7 Å². The van der Waals surface area contributed by atoms with Gasteiger partial charge in [-0.15, -0.1) is 0 Å². The number of carbonyl (C=O) groups is 1. The lowest BCUT2D eigenvalue weighted by Crippen LogP contribution is -2.50. The number of anilines is 1. The van der Waals surface area contributed by atoms with Gasteiger partial charge >= 0.3 is 5.97 Å². The van der Waals surface area contributed by atoms with E-state index in [4.69, 9.17) is 31.0 Å². The van der Waals surface area contributed by atoms with Gasteiger partial charge < -0.3 is 24.2 Å². The molecule has 9 nitrogen and oxygen atoms in total. The highest BCUT2D eigenvalue weighted by Gasteiger charge is 2.45. The van der Waals surface area contributed by atoms with Crippen molar-refractivity contribution in [3.8, 4) is 5.75 Å². The molecule has 1 saturated carbocycles. The zero-order valence-corrected chi connectivity index (χ0v) is 25.2. The number of aromatic carboxylic acids is 1. The molecule has 4 aliphatic rings. The lowest BCUT2D eigenvalue weighted by molar-refractivity contribution is -0.115. The smallest absolute Gasteiger partial charge is 0.335 e. The molecule has 0 radical (unpaired) electrons. The molecular formula is C31H39ClN2O7S. The van der Waals surface area contributed by atoms with E-state index in [1.807, 2.05) is 6.07 Å². The van der Waals surface area contributed by atoms with Crippen molar-refractivity contribution in [1.29, 1.82) is 0 Å². The number of ether oxygens (including phenoxy) is 3. The molecule has 0 amide bonds. The molecule has 5 atom stereocenters. The van der Waals surface area contributed by atoms with Crippen LogP contribution in [0.2, 0.25) is 5.02 Å². The Morgan fingerprint density at radius 2 is 2.05 bits per heavy atom. The van der Waals surface area contributed by atoms with Gasteiger partial charge in [-0.05, 0) is 91.8 Å². The van der Waals surface area contributed by atoms with Crippen molar-refractivity contribution in [1.82, 2.24) is 0 Å². The van der Waals surface area contributed by atoms with E-state index >= 15 is 0 Å². The minimum atomic E-state index is -3.56. The lowest BCUT2D eigenvalue weighted by atomic mass is 9.67. The number of hydrogen-bond acceptors (Lipinski definition) is 7. The average molecular weight is 619 g/mol. The first-order chi connectivity index (χ1) is 20.1. The molecule has 6 rings (SSSR count). The first kappa shape index (κ1) is 29.7. The van der Waals surface area contributed by atoms with E-state index in [0.29, 0.717) is 30.8 Å². The Morgan fingerprint density at radius 3 is 2.81 bits per heavy atom. The van der Waals surface area contributed by atoms with E-state index in [1.54, 1.807) is 18.2 Å². The fourth-order valence-electron chi connectivity index (χ4n) is 7.42. The number of fused-ring (bicyclic) bond motifs is 3. The van der Waals surface area contributed by atoms with Gasteiger partial charge in [0.1, 0.15) is 5.75 Å². The third-order valence-corrected chi connectivity index (χ3v) is 10.7. The summed E-state index contributed by atoms with van der Waals surface area (Å²) in [6.07, 6.45) is 6.57. The van der Waals surface area contributed by atoms with Crippen molar-refractivity contribution >= 4 is 33.3 Å². The summed E-state index contributed by atoms with van der Waals surface area (Å²) in [5.41, 5.74) is 3.38. The summed E-state index contributed by atoms with van der Waals surface area (Å²) < 4.78 is 41.2. The number of carboxylic acids is 1. The maximum Gasteiger partial charge on any atom is 0.335 e. The Bertz CT molecular complexity index is 1440. The maximum absolute atomic E-state index is 11.9. The summed E-state index contributed by atoms with van der Waals surface area (Å²) in [6.45, 7) is 2.69. The van der Waals surface area contributed by atoms with Gasteiger partial charge in [-0.2, -0.15) is 0 Å². The molecule has 1 spiro atoms. The summed E-state index contributed by atoms with van der Waals surface area (Å²) in [5, 5.41) is 15.7. The van der Waals surface area contributed by atoms with E-state index in [0.717, 1.165) is 68.7 Å². The number of nitrogens with two attached hydrogens (primary N) is 1. The highest BCUT2D eigenvalue weighted by atomic mass is 35.5. The van der Waals surface area contributed by atoms with Gasteiger partial charge in [0.05, 0.1) is 42.4 Å². The summed E-state index contributed by atoms with van der Waals surface area (Å²) in [5.74, 6) is 0.278. The first-order valence-electron chi connectivity index (χ1n) is 14.9. The number of sulfonamides is 1. The molecular weight excluding hydrogens is 580 g/mol. The Morgan fingerprint density at radius 1 is 1.19 bits per heavy atom. The Balaban J connectivity index is 1.24. The molecule has 11 heteroatoms. The lowest BCUT2D eigenvalue weighted by Gasteiger charge is -2.47. The molecule has 228 valence electrons. The van der Waals surface area contributed by atoms with Gasteiger partial charge in [0.15, 0.2) is 0 Å². The van der Waals surface area contributed by atoms with Crippen LogP contribution >= 0.6 is 11.6 Å². The van der Waals surface area contributed by atoms with E-state index in [1.165, 1.54) is 11.1 Å². The number of hydrogen-bond donors (Lipinski definition) is 2. The normalized spacial score (nSPS) is 29.1. The third kappa shape index (κ3) is 6.28. The summed E-state index contributed by atoms with van der Waals surface area (Å²) >= 11 is 6.38. The van der Waals surface area contributed by atoms with Crippen molar-refractivity contribution in [3.63, 3.8) is 0 Å². The minimum absolute atomic E-state index is 0.0385. The minimum Gasteiger partial charge on any atom is -0.490 e. The Kier molecular flexibility index (Phi) is 8.45. The van der Waals surface area contributed by atoms with Gasteiger partial charge in [0.25, 0.3) is 0 Å². The van der Waals surface area contributed by atoms with Crippen LogP contribution in [-0.4, -0.2) is 70.4 Å². The van der Waals surface area contributed by atoms with Crippen LogP contribution in [0.15, 0.2) is 36.4 Å². The molecule has 2 aromatic rings. The van der Waals surface area contributed by atoms with Crippen LogP contribution in [0.4, 0.5) is 5.69 Å². The van der Waals surface area contributed by atoms with Crippen LogP contribution in [0.1, 0.15) is 60.0 Å². The van der Waals surface area contributed by atoms with Crippen LogP contribution < -0.4 is 14.8 Å². The second kappa shape index (κ2) is 12.0. The quantitative estimate of drug-likeness (QED) is 0.446. The van der Waals surface area contributed by atoms with Crippen LogP contribution in [0.3, 0.4) is 0 Å². The van der Waals surface area contributed by atoms with Gasteiger partial charge in [-0.3, -0.25) is 0 Å². The van der Waals surface area contributed by atoms with E-state index in [9.17, 15) is 18.3 Å². The number of halogens is 1. The summed E-state index contributed by atoms with van der Waals surface area (Å²) in [4.78, 5) is 14.3. The fraction of sp³-hybridized carbons (Fsp3) is 0.581. The van der Waals surface area contributed by atoms with E-state index < -0.39 is 16.0 Å². The zero-order chi connectivity index (χ0) is 29.5. The number of nitrogens with zero attached hydrogens (tertiary/aromatic N) is 1. The predicted octanol–water partition coefficient (Wildman–Crippen LogP) is 4.39. The van der Waals surface area contributed by atoms with Crippen molar-refractivity contribution in [3.05, 3.63) is 58.1 Å². The summed E-state index contributed by atoms with van der Waals surface area (Å²) in [6, 6.07) is 11.3. The van der Waals surface area contributed by atoms with Crippen molar-refractivity contribution < 1.29 is 32.5 Å². The highest BCUT2D eigenvalue weighted by molar-refractivity contribution is 7.89. The molecule has 0 bridgehead atoms. The molecule has 2 aliphatic carbocycles. The Hall–Kier alpha value is -2.37. The standard InChI is InChI=1S/C31H39ClN2O7S/c32-23-5-7-26-20(14-23)2-1-10-31(26)18-34(27-15-21(30(35)36)4-8-28(27)41-19-31)17-22-3-6-25(22)29-16-24(9-11-40-29)39-12-13-42(33,37)38/h4-5,7-8,14-15,22,24-25,29H,1-3,6,9-13,16-19H2,(H,35,36)(H2,33,37,38)/t22-,24-,25+,29-,31-/m0/s1. The van der Waals surface area contributed by atoms with Crippen LogP contribution in [0.25, 0.3) is 0 Å². The largest absolute Gasteiger partial charge is 0.490 e. The molecule has 2 heterocycles. The SMILES string of the molecule is NS(=O)(=O)CCO[C@H]1CCO[C@H]([C@@H]2CC[C@H]2CN2C[C@@]3(CCCc4cc(Cl)ccc43)COc3ccc(C(=O)O)cc32)C1.